The van der Waals surface area contributed by atoms with Gasteiger partial charge < -0.3 is 14.7 Å². The van der Waals surface area contributed by atoms with Gasteiger partial charge in [0.05, 0.1) is 19.3 Å². The van der Waals surface area contributed by atoms with Gasteiger partial charge in [-0.05, 0) is 12.3 Å². The number of aliphatic hydroxyl groups excluding tert-OH is 1. The maximum Gasteiger partial charge on any atom is 0.205 e. The van der Waals surface area contributed by atoms with Crippen molar-refractivity contribution in [1.29, 1.82) is 0 Å². The van der Waals surface area contributed by atoms with E-state index in [-0.39, 0.29) is 12.6 Å². The molecule has 2 rings (SSSR count). The molecular weight excluding hydrogens is 238 g/mol. The Kier molecular flexibility index (Phi) is 4.31. The van der Waals surface area contributed by atoms with E-state index in [1.807, 2.05) is 0 Å². The zero-order chi connectivity index (χ0) is 12.3. The second kappa shape index (κ2) is 5.75. The molecule has 0 saturated carbocycles. The van der Waals surface area contributed by atoms with Gasteiger partial charge >= 0.3 is 0 Å². The molecule has 1 aromatic heterocycles. The summed E-state index contributed by atoms with van der Waals surface area (Å²) >= 11 is 1.42. The Morgan fingerprint density at radius 1 is 1.59 bits per heavy atom. The van der Waals surface area contributed by atoms with E-state index < -0.39 is 0 Å². The predicted molar refractivity (Wildman–Crippen MR) is 67.5 cm³/mol. The predicted octanol–water partition coefficient (Wildman–Crippen LogP) is 0.934. The third kappa shape index (κ3) is 2.75. The smallest absolute Gasteiger partial charge is 0.205 e. The van der Waals surface area contributed by atoms with Gasteiger partial charge in [0.15, 0.2) is 0 Å². The number of aromatic nitrogens is 2. The zero-order valence-electron chi connectivity index (χ0n) is 10.3. The van der Waals surface area contributed by atoms with Gasteiger partial charge in [0.25, 0.3) is 0 Å². The Hall–Kier alpha value is -0.720. The Balaban J connectivity index is 2.04. The topological polar surface area (TPSA) is 58.5 Å². The van der Waals surface area contributed by atoms with E-state index in [1.54, 1.807) is 7.11 Å². The van der Waals surface area contributed by atoms with Crippen LogP contribution in [0, 0.1) is 5.92 Å². The minimum Gasteiger partial charge on any atom is -0.394 e. The molecule has 0 aliphatic carbocycles. The Morgan fingerprint density at radius 2 is 2.41 bits per heavy atom. The maximum atomic E-state index is 9.41. The average Bonchev–Trinajstić information content (AvgIpc) is 2.92. The van der Waals surface area contributed by atoms with Crippen LogP contribution in [-0.4, -0.2) is 47.4 Å². The molecule has 2 heterocycles. The molecule has 0 radical (unpaired) electrons. The second-order valence-corrected chi connectivity index (χ2v) is 5.18. The molecule has 0 aromatic carbocycles. The molecule has 5 nitrogen and oxygen atoms in total. The van der Waals surface area contributed by atoms with E-state index in [0.717, 1.165) is 30.3 Å². The largest absolute Gasteiger partial charge is 0.394 e. The third-order valence-electron chi connectivity index (χ3n) is 3.30. The summed E-state index contributed by atoms with van der Waals surface area (Å²) in [6.07, 6.45) is 1.86. The first-order valence-electron chi connectivity index (χ1n) is 5.95. The quantitative estimate of drug-likeness (QED) is 0.850. The molecule has 2 unspecified atom stereocenters. The van der Waals surface area contributed by atoms with Crippen LogP contribution in [0.2, 0.25) is 0 Å². The van der Waals surface area contributed by atoms with Crippen molar-refractivity contribution in [1.82, 2.24) is 9.36 Å². The van der Waals surface area contributed by atoms with Crippen LogP contribution in [0.5, 0.6) is 0 Å². The molecule has 1 fully saturated rings. The summed E-state index contributed by atoms with van der Waals surface area (Å²) in [7, 11) is 1.68. The van der Waals surface area contributed by atoms with Gasteiger partial charge in [0.2, 0.25) is 5.13 Å². The molecular formula is C11H19N3O2S. The first kappa shape index (κ1) is 12.7. The molecule has 0 bridgehead atoms. The van der Waals surface area contributed by atoms with Crippen molar-refractivity contribution in [2.24, 2.45) is 5.92 Å². The van der Waals surface area contributed by atoms with Crippen LogP contribution in [-0.2, 0) is 11.2 Å². The average molecular weight is 257 g/mol. The Bertz CT molecular complexity index is 358. The summed E-state index contributed by atoms with van der Waals surface area (Å²) in [5.41, 5.74) is 0. The van der Waals surface area contributed by atoms with E-state index in [1.165, 1.54) is 11.5 Å². The number of anilines is 1. The first-order valence-corrected chi connectivity index (χ1v) is 6.72. The number of hydrogen-bond donors (Lipinski definition) is 1. The van der Waals surface area contributed by atoms with Gasteiger partial charge in [-0.25, -0.2) is 4.98 Å². The SMILES string of the molecule is COCCc1nsc(N2CCC(C)C2CO)n1. The maximum absolute atomic E-state index is 9.41. The van der Waals surface area contributed by atoms with Crippen molar-refractivity contribution >= 4 is 16.7 Å². The molecule has 96 valence electrons. The highest BCUT2D eigenvalue weighted by Gasteiger charge is 2.32. The van der Waals surface area contributed by atoms with E-state index in [9.17, 15) is 5.11 Å². The van der Waals surface area contributed by atoms with Crippen molar-refractivity contribution < 1.29 is 9.84 Å². The first-order chi connectivity index (χ1) is 8.26. The molecule has 17 heavy (non-hydrogen) atoms. The molecule has 1 aromatic rings. The van der Waals surface area contributed by atoms with Crippen molar-refractivity contribution in [3.8, 4) is 0 Å². The molecule has 2 atom stereocenters. The number of hydrogen-bond acceptors (Lipinski definition) is 6. The minimum absolute atomic E-state index is 0.189. The number of nitrogens with zero attached hydrogens (tertiary/aromatic N) is 3. The zero-order valence-corrected chi connectivity index (χ0v) is 11.1. The van der Waals surface area contributed by atoms with Crippen LogP contribution < -0.4 is 4.90 Å². The van der Waals surface area contributed by atoms with E-state index >= 15 is 0 Å². The van der Waals surface area contributed by atoms with Gasteiger partial charge in [0.1, 0.15) is 5.82 Å². The lowest BCUT2D eigenvalue weighted by Crippen LogP contribution is -2.35. The van der Waals surface area contributed by atoms with Crippen LogP contribution in [0.25, 0.3) is 0 Å². The Labute approximate surface area is 106 Å². The highest BCUT2D eigenvalue weighted by Crippen LogP contribution is 2.30. The van der Waals surface area contributed by atoms with Gasteiger partial charge in [-0.15, -0.1) is 0 Å². The molecule has 1 aliphatic heterocycles. The van der Waals surface area contributed by atoms with Gasteiger partial charge in [-0.2, -0.15) is 4.37 Å². The fraction of sp³-hybridized carbons (Fsp3) is 0.818. The van der Waals surface area contributed by atoms with Gasteiger partial charge in [-0.3, -0.25) is 0 Å². The fourth-order valence-electron chi connectivity index (χ4n) is 2.18. The van der Waals surface area contributed by atoms with Crippen LogP contribution in [0.3, 0.4) is 0 Å². The summed E-state index contributed by atoms with van der Waals surface area (Å²) in [6, 6.07) is 0.193. The molecule has 0 amide bonds. The summed E-state index contributed by atoms with van der Waals surface area (Å²) in [5.74, 6) is 1.36. The van der Waals surface area contributed by atoms with Crippen LogP contribution in [0.4, 0.5) is 5.13 Å². The van der Waals surface area contributed by atoms with Crippen LogP contribution in [0.15, 0.2) is 0 Å². The van der Waals surface area contributed by atoms with Crippen molar-refractivity contribution in [3.05, 3.63) is 5.82 Å². The number of aliphatic hydroxyl groups is 1. The molecule has 6 heteroatoms. The summed E-state index contributed by atoms with van der Waals surface area (Å²) < 4.78 is 9.33. The monoisotopic (exact) mass is 257 g/mol. The Morgan fingerprint density at radius 3 is 3.12 bits per heavy atom. The van der Waals surface area contributed by atoms with Crippen molar-refractivity contribution in [2.75, 3.05) is 31.8 Å². The number of methoxy groups -OCH3 is 1. The highest BCUT2D eigenvalue weighted by molar-refractivity contribution is 7.09. The van der Waals surface area contributed by atoms with Crippen molar-refractivity contribution in [3.63, 3.8) is 0 Å². The lowest BCUT2D eigenvalue weighted by atomic mass is 10.0. The molecule has 1 aliphatic rings. The summed E-state index contributed by atoms with van der Waals surface area (Å²) in [5, 5.41) is 10.3. The van der Waals surface area contributed by atoms with Crippen molar-refractivity contribution in [2.45, 2.75) is 25.8 Å². The van der Waals surface area contributed by atoms with E-state index in [2.05, 4.69) is 21.2 Å². The standard InChI is InChI=1S/C11H19N3O2S/c1-8-3-5-14(9(8)7-15)11-12-10(13-17-11)4-6-16-2/h8-9,15H,3-7H2,1-2H3. The van der Waals surface area contributed by atoms with Gasteiger partial charge in [-0.1, -0.05) is 6.92 Å². The summed E-state index contributed by atoms with van der Waals surface area (Å²) in [4.78, 5) is 6.68. The number of rotatable bonds is 5. The summed E-state index contributed by atoms with van der Waals surface area (Å²) in [6.45, 7) is 3.98. The lowest BCUT2D eigenvalue weighted by Gasteiger charge is -2.23. The second-order valence-electron chi connectivity index (χ2n) is 4.45. The van der Waals surface area contributed by atoms with Crippen LogP contribution >= 0.6 is 11.5 Å². The lowest BCUT2D eigenvalue weighted by molar-refractivity contribution is 0.201. The highest BCUT2D eigenvalue weighted by atomic mass is 32.1. The third-order valence-corrected chi connectivity index (χ3v) is 4.09. The van der Waals surface area contributed by atoms with Gasteiger partial charge in [0, 0.05) is 31.6 Å². The molecule has 1 saturated heterocycles. The molecule has 1 N–H and O–H groups in total. The number of ether oxygens (including phenoxy) is 1. The molecule has 0 spiro atoms. The normalized spacial score (nSPS) is 24.5. The minimum atomic E-state index is 0.189. The van der Waals surface area contributed by atoms with E-state index in [0.29, 0.717) is 12.5 Å². The fourth-order valence-corrected chi connectivity index (χ4v) is 2.98. The van der Waals surface area contributed by atoms with E-state index in [4.69, 9.17) is 4.74 Å². The van der Waals surface area contributed by atoms with Crippen LogP contribution in [0.1, 0.15) is 19.2 Å².